The van der Waals surface area contributed by atoms with Gasteiger partial charge in [0.1, 0.15) is 11.0 Å². The number of aryl methyl sites for hydroxylation is 2. The maximum Gasteiger partial charge on any atom is 0.242 e. The van der Waals surface area contributed by atoms with E-state index in [1.807, 2.05) is 39.0 Å². The molecule has 1 heterocycles. The molecule has 0 spiro atoms. The van der Waals surface area contributed by atoms with Crippen molar-refractivity contribution in [2.45, 2.75) is 32.4 Å². The number of rotatable bonds is 8. The van der Waals surface area contributed by atoms with Crippen LogP contribution < -0.4 is 10.1 Å². The fraction of sp³-hybridized carbons (Fsp3) is 0.292. The van der Waals surface area contributed by atoms with Crippen molar-refractivity contribution < 1.29 is 14.3 Å². The Hall–Kier alpha value is -3.06. The third kappa shape index (κ3) is 5.55. The number of amidine groups is 1. The molecule has 0 saturated carbocycles. The number of carbonyl (C=O) groups is 2. The Morgan fingerprint density at radius 2 is 1.90 bits per heavy atom. The van der Waals surface area contributed by atoms with E-state index >= 15 is 0 Å². The molecule has 2 aromatic carbocycles. The summed E-state index contributed by atoms with van der Waals surface area (Å²) in [6, 6.07) is 13.1. The Balaban J connectivity index is 1.73. The molecule has 162 valence electrons. The summed E-state index contributed by atoms with van der Waals surface area (Å²) in [6.07, 6.45) is 1.73. The van der Waals surface area contributed by atoms with Crippen LogP contribution in [-0.2, 0) is 9.59 Å². The Labute approximate surface area is 187 Å². The van der Waals surface area contributed by atoms with E-state index in [0.29, 0.717) is 24.0 Å². The van der Waals surface area contributed by atoms with E-state index in [1.165, 1.54) is 11.8 Å². The molecule has 3 rings (SSSR count). The van der Waals surface area contributed by atoms with Crippen molar-refractivity contribution >= 4 is 40.1 Å². The van der Waals surface area contributed by atoms with E-state index in [0.717, 1.165) is 22.6 Å². The van der Waals surface area contributed by atoms with Crippen LogP contribution in [0.3, 0.4) is 0 Å². The standard InChI is InChI=1S/C24H27N3O3S/c1-5-14-27-23(29)20(31-24(27)26-22-16(3)8-7-9-17(22)4)15-21(28)25-18-10-12-19(13-11-18)30-6-2/h5,7-13,20H,1,6,14-15H2,2-4H3,(H,25,28)/t20-/m1/s1. The van der Waals surface area contributed by atoms with Crippen molar-refractivity contribution in [3.63, 3.8) is 0 Å². The lowest BCUT2D eigenvalue weighted by atomic mass is 10.1. The number of para-hydroxylation sites is 1. The molecule has 0 aromatic heterocycles. The topological polar surface area (TPSA) is 71.0 Å². The van der Waals surface area contributed by atoms with Crippen LogP contribution in [0.2, 0.25) is 0 Å². The highest BCUT2D eigenvalue weighted by Crippen LogP contribution is 2.33. The second-order valence-corrected chi connectivity index (χ2v) is 8.36. The summed E-state index contributed by atoms with van der Waals surface area (Å²) >= 11 is 1.32. The first kappa shape index (κ1) is 22.6. The average Bonchev–Trinajstić information content (AvgIpc) is 3.01. The average molecular weight is 438 g/mol. The summed E-state index contributed by atoms with van der Waals surface area (Å²) in [6.45, 7) is 10.6. The molecule has 2 amide bonds. The number of hydrogen-bond acceptors (Lipinski definition) is 5. The Bertz CT molecular complexity index is 981. The fourth-order valence-corrected chi connectivity index (χ4v) is 4.43. The summed E-state index contributed by atoms with van der Waals surface area (Å²) in [5.74, 6) is 0.396. The number of carbonyl (C=O) groups excluding carboxylic acids is 2. The van der Waals surface area contributed by atoms with Gasteiger partial charge in [0.25, 0.3) is 0 Å². The van der Waals surface area contributed by atoms with Gasteiger partial charge in [-0.05, 0) is 56.2 Å². The van der Waals surface area contributed by atoms with Crippen LogP contribution >= 0.6 is 11.8 Å². The van der Waals surface area contributed by atoms with E-state index in [2.05, 4.69) is 11.9 Å². The van der Waals surface area contributed by atoms with Crippen LogP contribution in [0.5, 0.6) is 5.75 Å². The van der Waals surface area contributed by atoms with Gasteiger partial charge >= 0.3 is 0 Å². The zero-order valence-corrected chi connectivity index (χ0v) is 18.9. The molecule has 0 radical (unpaired) electrons. The van der Waals surface area contributed by atoms with Gasteiger partial charge in [0.2, 0.25) is 11.8 Å². The molecule has 0 bridgehead atoms. The van der Waals surface area contributed by atoms with Gasteiger partial charge in [-0.2, -0.15) is 0 Å². The van der Waals surface area contributed by atoms with Crippen LogP contribution in [0.1, 0.15) is 24.5 Å². The number of aliphatic imine (C=N–C) groups is 1. The van der Waals surface area contributed by atoms with E-state index in [-0.39, 0.29) is 18.2 Å². The predicted molar refractivity (Wildman–Crippen MR) is 127 cm³/mol. The second kappa shape index (κ2) is 10.3. The van der Waals surface area contributed by atoms with E-state index in [9.17, 15) is 9.59 Å². The second-order valence-electron chi connectivity index (χ2n) is 7.19. The maximum atomic E-state index is 13.0. The van der Waals surface area contributed by atoms with Gasteiger partial charge in [-0.15, -0.1) is 6.58 Å². The van der Waals surface area contributed by atoms with Crippen molar-refractivity contribution in [1.29, 1.82) is 0 Å². The lowest BCUT2D eigenvalue weighted by Crippen LogP contribution is -2.33. The van der Waals surface area contributed by atoms with Gasteiger partial charge in [0.15, 0.2) is 5.17 Å². The monoisotopic (exact) mass is 437 g/mol. The van der Waals surface area contributed by atoms with Gasteiger partial charge in [-0.1, -0.05) is 36.0 Å². The molecule has 1 fully saturated rings. The Morgan fingerprint density at radius 3 is 2.52 bits per heavy atom. The quantitative estimate of drug-likeness (QED) is 0.600. The highest BCUT2D eigenvalue weighted by atomic mass is 32.2. The number of amides is 2. The van der Waals surface area contributed by atoms with Crippen LogP contribution in [0.4, 0.5) is 11.4 Å². The zero-order chi connectivity index (χ0) is 22.4. The number of benzene rings is 2. The summed E-state index contributed by atoms with van der Waals surface area (Å²) in [7, 11) is 0. The molecule has 0 aliphatic carbocycles. The smallest absolute Gasteiger partial charge is 0.242 e. The third-order valence-electron chi connectivity index (χ3n) is 4.80. The van der Waals surface area contributed by atoms with Gasteiger partial charge in [-0.3, -0.25) is 14.5 Å². The molecule has 0 unspecified atom stereocenters. The molecule has 1 aliphatic rings. The molecule has 1 atom stereocenters. The molecular formula is C24H27N3O3S. The van der Waals surface area contributed by atoms with Crippen molar-refractivity contribution in [2.75, 3.05) is 18.5 Å². The highest BCUT2D eigenvalue weighted by Gasteiger charge is 2.38. The fourth-order valence-electron chi connectivity index (χ4n) is 3.28. The SMILES string of the molecule is C=CCN1C(=O)[C@@H](CC(=O)Nc2ccc(OCC)cc2)SC1=Nc1c(C)cccc1C. The number of thioether (sulfide) groups is 1. The van der Waals surface area contributed by atoms with Gasteiger partial charge in [-0.25, -0.2) is 4.99 Å². The normalized spacial score (nSPS) is 17.1. The molecular weight excluding hydrogens is 410 g/mol. The first-order valence-electron chi connectivity index (χ1n) is 10.2. The summed E-state index contributed by atoms with van der Waals surface area (Å²) in [5.41, 5.74) is 3.59. The minimum absolute atomic E-state index is 0.0656. The molecule has 1 aliphatic heterocycles. The van der Waals surface area contributed by atoms with E-state index in [1.54, 1.807) is 35.2 Å². The van der Waals surface area contributed by atoms with Crippen molar-refractivity contribution in [3.8, 4) is 5.75 Å². The summed E-state index contributed by atoms with van der Waals surface area (Å²) in [5, 5.41) is 2.93. The molecule has 7 heteroatoms. The summed E-state index contributed by atoms with van der Waals surface area (Å²) in [4.78, 5) is 31.9. The molecule has 6 nitrogen and oxygen atoms in total. The summed E-state index contributed by atoms with van der Waals surface area (Å²) < 4.78 is 5.41. The zero-order valence-electron chi connectivity index (χ0n) is 18.1. The number of hydrogen-bond donors (Lipinski definition) is 1. The molecule has 1 saturated heterocycles. The lowest BCUT2D eigenvalue weighted by molar-refractivity contribution is -0.127. The van der Waals surface area contributed by atoms with Crippen LogP contribution in [-0.4, -0.2) is 40.3 Å². The van der Waals surface area contributed by atoms with Crippen LogP contribution in [0.25, 0.3) is 0 Å². The number of nitrogens with one attached hydrogen (secondary N) is 1. The number of ether oxygens (including phenoxy) is 1. The maximum absolute atomic E-state index is 13.0. The van der Waals surface area contributed by atoms with Crippen molar-refractivity contribution in [3.05, 3.63) is 66.2 Å². The lowest BCUT2D eigenvalue weighted by Gasteiger charge is -2.14. The van der Waals surface area contributed by atoms with Gasteiger partial charge in [0.05, 0.1) is 12.3 Å². The minimum atomic E-state index is -0.522. The van der Waals surface area contributed by atoms with Crippen molar-refractivity contribution in [2.24, 2.45) is 4.99 Å². The van der Waals surface area contributed by atoms with Gasteiger partial charge < -0.3 is 10.1 Å². The third-order valence-corrected chi connectivity index (χ3v) is 5.97. The number of nitrogens with zero attached hydrogens (tertiary/aromatic N) is 2. The first-order valence-corrected chi connectivity index (χ1v) is 11.1. The molecule has 2 aromatic rings. The molecule has 31 heavy (non-hydrogen) atoms. The molecule has 1 N–H and O–H groups in total. The van der Waals surface area contributed by atoms with Crippen molar-refractivity contribution in [1.82, 2.24) is 4.90 Å². The highest BCUT2D eigenvalue weighted by molar-refractivity contribution is 8.15. The first-order chi connectivity index (χ1) is 14.9. The van der Waals surface area contributed by atoms with Crippen LogP contribution in [0.15, 0.2) is 60.1 Å². The van der Waals surface area contributed by atoms with E-state index in [4.69, 9.17) is 9.73 Å². The largest absolute Gasteiger partial charge is 0.494 e. The van der Waals surface area contributed by atoms with E-state index < -0.39 is 5.25 Å². The Kier molecular flexibility index (Phi) is 7.52. The predicted octanol–water partition coefficient (Wildman–Crippen LogP) is 4.85. The minimum Gasteiger partial charge on any atom is -0.494 e. The van der Waals surface area contributed by atoms with Gasteiger partial charge in [0, 0.05) is 18.7 Å². The number of anilines is 1. The Morgan fingerprint density at radius 1 is 1.23 bits per heavy atom. The van der Waals surface area contributed by atoms with Crippen LogP contribution in [0, 0.1) is 13.8 Å².